The van der Waals surface area contributed by atoms with Gasteiger partial charge in [-0.1, -0.05) is 0 Å². The minimum atomic E-state index is -1.00. The Bertz CT molecular complexity index is 904. The van der Waals surface area contributed by atoms with E-state index in [0.29, 0.717) is 41.5 Å². The monoisotopic (exact) mass is 373 g/mol. The van der Waals surface area contributed by atoms with Gasteiger partial charge in [-0.25, -0.2) is 4.79 Å². The number of fused-ring (bicyclic) bond motifs is 1. The van der Waals surface area contributed by atoms with Crippen molar-refractivity contribution in [3.8, 4) is 5.75 Å². The van der Waals surface area contributed by atoms with E-state index >= 15 is 0 Å². The van der Waals surface area contributed by atoms with Gasteiger partial charge in [0, 0.05) is 21.7 Å². The molecule has 2 amide bonds. The third kappa shape index (κ3) is 3.23. The molecule has 7 nitrogen and oxygen atoms in total. The van der Waals surface area contributed by atoms with Crippen LogP contribution in [0.15, 0.2) is 35.3 Å². The van der Waals surface area contributed by atoms with Crippen LogP contribution < -0.4 is 15.8 Å². The average Bonchev–Trinajstić information content (AvgIpc) is 3.06. The number of rotatable bonds is 5. The predicted molar refractivity (Wildman–Crippen MR) is 100 cm³/mol. The van der Waals surface area contributed by atoms with Gasteiger partial charge < -0.3 is 20.9 Å². The number of nitrogens with zero attached hydrogens (tertiary/aromatic N) is 1. The summed E-state index contributed by atoms with van der Waals surface area (Å²) >= 11 is 1.51. The van der Waals surface area contributed by atoms with Crippen LogP contribution >= 0.6 is 11.3 Å². The molecule has 0 atom stereocenters. The molecule has 136 valence electrons. The van der Waals surface area contributed by atoms with E-state index in [4.69, 9.17) is 10.5 Å². The van der Waals surface area contributed by atoms with Crippen LogP contribution in [0.4, 0.5) is 10.5 Å². The molecule has 3 rings (SSSR count). The van der Waals surface area contributed by atoms with Crippen LogP contribution in [0, 0.1) is 0 Å². The van der Waals surface area contributed by atoms with Crippen molar-refractivity contribution >= 4 is 34.7 Å². The molecular weight excluding hydrogens is 354 g/mol. The van der Waals surface area contributed by atoms with Crippen LogP contribution in [0.2, 0.25) is 0 Å². The number of primary amides is 1. The summed E-state index contributed by atoms with van der Waals surface area (Å²) in [5, 5.41) is 14.7. The Kier molecular flexibility index (Phi) is 4.85. The van der Waals surface area contributed by atoms with Crippen molar-refractivity contribution in [3.63, 3.8) is 0 Å². The molecule has 4 N–H and O–H groups in total. The number of hydrogen-bond acceptors (Lipinski definition) is 5. The van der Waals surface area contributed by atoms with Crippen LogP contribution in [0.1, 0.15) is 34.6 Å². The zero-order valence-corrected chi connectivity index (χ0v) is 15.2. The number of amides is 2. The number of anilines is 1. The highest BCUT2D eigenvalue weighted by Gasteiger charge is 2.27. The lowest BCUT2D eigenvalue weighted by atomic mass is 10.1. The lowest BCUT2D eigenvalue weighted by Gasteiger charge is -2.29. The molecule has 0 saturated carbocycles. The summed E-state index contributed by atoms with van der Waals surface area (Å²) in [7, 11) is 0. The lowest BCUT2D eigenvalue weighted by molar-refractivity contribution is 0.0999. The summed E-state index contributed by atoms with van der Waals surface area (Å²) < 4.78 is 5.63. The Morgan fingerprint density at radius 2 is 2.15 bits per heavy atom. The summed E-state index contributed by atoms with van der Waals surface area (Å²) in [5.41, 5.74) is 8.58. The van der Waals surface area contributed by atoms with Gasteiger partial charge in [-0.05, 0) is 43.5 Å². The fraction of sp³-hybridized carbons (Fsp3) is 0.222. The van der Waals surface area contributed by atoms with Gasteiger partial charge in [-0.2, -0.15) is 0 Å². The van der Waals surface area contributed by atoms with E-state index in [9.17, 15) is 14.7 Å². The molecule has 0 aliphatic carbocycles. The molecule has 2 aromatic rings. The van der Waals surface area contributed by atoms with E-state index in [1.807, 2.05) is 18.4 Å². The van der Waals surface area contributed by atoms with Crippen LogP contribution in [0.3, 0.4) is 0 Å². The molecule has 1 aliphatic heterocycles. The standard InChI is InChI=1S/C18H19N3O4S/c1-3-25-14-8-11(17(19)22)4-5-13(14)20-16-10(2)21(18(23)24)9-15-12(16)6-7-26-15/h4-8,20H,3,9H2,1-2H3,(H2,19,22)(H,23,24). The predicted octanol–water partition coefficient (Wildman–Crippen LogP) is 3.54. The Morgan fingerprint density at radius 3 is 2.81 bits per heavy atom. The van der Waals surface area contributed by atoms with Crippen molar-refractivity contribution in [1.29, 1.82) is 0 Å². The first-order valence-corrected chi connectivity index (χ1v) is 8.92. The molecule has 0 fully saturated rings. The first-order valence-electron chi connectivity index (χ1n) is 8.04. The summed E-state index contributed by atoms with van der Waals surface area (Å²) in [6.45, 7) is 4.35. The van der Waals surface area contributed by atoms with Crippen LogP contribution in [-0.2, 0) is 6.54 Å². The summed E-state index contributed by atoms with van der Waals surface area (Å²) in [6.07, 6.45) is -1.00. The van der Waals surface area contributed by atoms with Gasteiger partial charge in [0.25, 0.3) is 0 Å². The summed E-state index contributed by atoms with van der Waals surface area (Å²) in [5.74, 6) is -0.0592. The zero-order chi connectivity index (χ0) is 18.8. The number of hydrogen-bond donors (Lipinski definition) is 3. The fourth-order valence-corrected chi connectivity index (χ4v) is 3.70. The number of benzene rings is 1. The molecule has 1 aromatic heterocycles. The van der Waals surface area contributed by atoms with Gasteiger partial charge in [0.2, 0.25) is 5.91 Å². The molecular formula is C18H19N3O4S. The second-order valence-corrected chi connectivity index (χ2v) is 6.72. The van der Waals surface area contributed by atoms with Gasteiger partial charge in [-0.15, -0.1) is 11.3 Å². The van der Waals surface area contributed by atoms with Crippen molar-refractivity contribution in [2.45, 2.75) is 20.4 Å². The van der Waals surface area contributed by atoms with Gasteiger partial charge in [0.05, 0.1) is 24.5 Å². The van der Waals surface area contributed by atoms with Crippen LogP contribution in [0.5, 0.6) is 5.75 Å². The highest BCUT2D eigenvalue weighted by atomic mass is 32.1. The molecule has 1 aromatic carbocycles. The van der Waals surface area contributed by atoms with E-state index in [-0.39, 0.29) is 0 Å². The maximum absolute atomic E-state index is 11.6. The number of thiophene rings is 1. The highest BCUT2D eigenvalue weighted by Crippen LogP contribution is 2.37. The van der Waals surface area contributed by atoms with E-state index in [1.165, 1.54) is 16.2 Å². The molecule has 0 saturated heterocycles. The Hall–Kier alpha value is -3.00. The Morgan fingerprint density at radius 1 is 1.38 bits per heavy atom. The van der Waals surface area contributed by atoms with Gasteiger partial charge in [0.15, 0.2) is 0 Å². The quantitative estimate of drug-likeness (QED) is 0.743. The fourth-order valence-electron chi connectivity index (χ4n) is 2.84. The largest absolute Gasteiger partial charge is 0.492 e. The smallest absolute Gasteiger partial charge is 0.411 e. The lowest BCUT2D eigenvalue weighted by Crippen LogP contribution is -2.31. The summed E-state index contributed by atoms with van der Waals surface area (Å²) in [4.78, 5) is 25.3. The molecule has 8 heteroatoms. The number of ether oxygens (including phenoxy) is 1. The maximum atomic E-state index is 11.6. The highest BCUT2D eigenvalue weighted by molar-refractivity contribution is 7.10. The Labute approximate surface area is 154 Å². The van der Waals surface area contributed by atoms with Gasteiger partial charge in [0.1, 0.15) is 5.75 Å². The third-order valence-corrected chi connectivity index (χ3v) is 5.05. The van der Waals surface area contributed by atoms with Crippen LogP contribution in [0.25, 0.3) is 5.70 Å². The number of nitrogens with one attached hydrogen (secondary N) is 1. The number of carbonyl (C=O) groups excluding carboxylic acids is 1. The van der Waals surface area contributed by atoms with Crippen molar-refractivity contribution in [1.82, 2.24) is 4.90 Å². The molecule has 1 aliphatic rings. The van der Waals surface area contributed by atoms with Crippen molar-refractivity contribution < 1.29 is 19.4 Å². The SMILES string of the molecule is CCOc1cc(C(N)=O)ccc1NC1=C(C)N(C(=O)O)Cc2sccc21. The molecule has 26 heavy (non-hydrogen) atoms. The topological polar surface area (TPSA) is 105 Å². The van der Waals surface area contributed by atoms with Crippen molar-refractivity contribution in [2.24, 2.45) is 5.73 Å². The molecule has 2 heterocycles. The van der Waals surface area contributed by atoms with Crippen molar-refractivity contribution in [3.05, 3.63) is 51.3 Å². The van der Waals surface area contributed by atoms with E-state index in [2.05, 4.69) is 5.32 Å². The number of carbonyl (C=O) groups is 2. The first-order chi connectivity index (χ1) is 12.4. The van der Waals surface area contributed by atoms with Gasteiger partial charge >= 0.3 is 6.09 Å². The molecule has 0 radical (unpaired) electrons. The average molecular weight is 373 g/mol. The molecule has 0 unspecified atom stereocenters. The van der Waals surface area contributed by atoms with Gasteiger partial charge in [-0.3, -0.25) is 9.69 Å². The molecule has 0 spiro atoms. The first kappa shape index (κ1) is 17.8. The minimum Gasteiger partial charge on any atom is -0.492 e. The van der Waals surface area contributed by atoms with E-state index in [1.54, 1.807) is 25.1 Å². The maximum Gasteiger partial charge on any atom is 0.411 e. The second kappa shape index (κ2) is 7.09. The van der Waals surface area contributed by atoms with E-state index in [0.717, 1.165) is 10.4 Å². The van der Waals surface area contributed by atoms with Crippen LogP contribution in [-0.4, -0.2) is 28.6 Å². The Balaban J connectivity index is 2.05. The second-order valence-electron chi connectivity index (χ2n) is 5.72. The number of allylic oxidation sites excluding steroid dienone is 1. The minimum absolute atomic E-state index is 0.332. The zero-order valence-electron chi connectivity index (χ0n) is 14.4. The number of carboxylic acid groups (broad SMARTS) is 1. The van der Waals surface area contributed by atoms with Crippen molar-refractivity contribution in [2.75, 3.05) is 11.9 Å². The normalized spacial score (nSPS) is 13.4. The summed E-state index contributed by atoms with van der Waals surface area (Å²) in [6, 6.07) is 6.85. The van der Waals surface area contributed by atoms with E-state index < -0.39 is 12.0 Å². The number of nitrogens with two attached hydrogens (primary N) is 1. The third-order valence-electron chi connectivity index (χ3n) is 4.14. The molecule has 0 bridgehead atoms.